The maximum absolute atomic E-state index is 12.4. The minimum absolute atomic E-state index is 0.0693. The highest BCUT2D eigenvalue weighted by atomic mass is 35.5. The second-order valence-electron chi connectivity index (χ2n) is 6.24. The largest absolute Gasteiger partial charge is 0.441 e. The van der Waals surface area contributed by atoms with E-state index in [0.29, 0.717) is 62.1 Å². The summed E-state index contributed by atoms with van der Waals surface area (Å²) in [7, 11) is 0. The number of oxazole rings is 1. The van der Waals surface area contributed by atoms with Gasteiger partial charge in [0.15, 0.2) is 11.7 Å². The molecule has 2 aromatic rings. The predicted molar refractivity (Wildman–Crippen MR) is 98.7 cm³/mol. The Hall–Kier alpha value is -2.34. The maximum Gasteiger partial charge on any atom is 0.223 e. The van der Waals surface area contributed by atoms with Crippen molar-refractivity contribution in [3.63, 3.8) is 0 Å². The number of piperazine rings is 1. The van der Waals surface area contributed by atoms with E-state index >= 15 is 0 Å². The molecule has 2 amide bonds. The fourth-order valence-corrected chi connectivity index (χ4v) is 3.10. The zero-order valence-corrected chi connectivity index (χ0v) is 15.5. The van der Waals surface area contributed by atoms with Crippen LogP contribution in [-0.4, -0.2) is 52.8 Å². The van der Waals surface area contributed by atoms with Crippen molar-refractivity contribution < 1.29 is 14.0 Å². The number of hydrogen-bond donors (Lipinski definition) is 0. The predicted octanol–water partition coefficient (Wildman–Crippen LogP) is 3.01. The summed E-state index contributed by atoms with van der Waals surface area (Å²) in [6.45, 7) is 4.25. The van der Waals surface area contributed by atoms with Crippen molar-refractivity contribution in [2.75, 3.05) is 26.2 Å². The molecule has 1 aliphatic rings. The number of hydrogen-bond acceptors (Lipinski definition) is 4. The minimum Gasteiger partial charge on any atom is -0.441 e. The van der Waals surface area contributed by atoms with Crippen molar-refractivity contribution in [3.8, 4) is 11.3 Å². The molecule has 1 aromatic heterocycles. The SMILES string of the molecule is CCC(=O)N1CCN(C(=O)CCc2ncc(-c3ccc(Cl)cc3)o2)CC1. The van der Waals surface area contributed by atoms with Crippen LogP contribution in [0.25, 0.3) is 11.3 Å². The molecule has 1 aromatic carbocycles. The van der Waals surface area contributed by atoms with Crippen LogP contribution in [0.4, 0.5) is 0 Å². The molecule has 1 fully saturated rings. The Balaban J connectivity index is 1.49. The molecule has 3 rings (SSSR count). The molecular weight excluding hydrogens is 354 g/mol. The number of amides is 2. The van der Waals surface area contributed by atoms with Crippen molar-refractivity contribution in [1.29, 1.82) is 0 Å². The van der Waals surface area contributed by atoms with E-state index in [1.54, 1.807) is 18.3 Å². The van der Waals surface area contributed by atoms with Crippen LogP contribution < -0.4 is 0 Å². The molecule has 0 bridgehead atoms. The van der Waals surface area contributed by atoms with E-state index in [9.17, 15) is 9.59 Å². The van der Waals surface area contributed by atoms with Crippen LogP contribution in [0.1, 0.15) is 25.7 Å². The molecule has 0 aliphatic carbocycles. The molecule has 1 saturated heterocycles. The van der Waals surface area contributed by atoms with Gasteiger partial charge < -0.3 is 14.2 Å². The first-order chi connectivity index (χ1) is 12.6. The number of benzene rings is 1. The van der Waals surface area contributed by atoms with Crippen LogP contribution in [0.15, 0.2) is 34.9 Å². The summed E-state index contributed by atoms with van der Waals surface area (Å²) >= 11 is 5.89. The number of nitrogens with zero attached hydrogens (tertiary/aromatic N) is 3. The average molecular weight is 376 g/mol. The quantitative estimate of drug-likeness (QED) is 0.805. The van der Waals surface area contributed by atoms with Gasteiger partial charge in [-0.2, -0.15) is 0 Å². The van der Waals surface area contributed by atoms with Gasteiger partial charge in [0.2, 0.25) is 11.8 Å². The van der Waals surface area contributed by atoms with Gasteiger partial charge in [-0.3, -0.25) is 9.59 Å². The van der Waals surface area contributed by atoms with Gasteiger partial charge in [-0.25, -0.2) is 4.98 Å². The standard InChI is InChI=1S/C19H22ClN3O3/c1-2-18(24)22-9-11-23(12-10-22)19(25)8-7-17-21-13-16(26-17)14-3-5-15(20)6-4-14/h3-6,13H,2,7-12H2,1H3. The molecule has 0 N–H and O–H groups in total. The van der Waals surface area contributed by atoms with Crippen molar-refractivity contribution in [2.24, 2.45) is 0 Å². The summed E-state index contributed by atoms with van der Waals surface area (Å²) < 4.78 is 5.73. The molecule has 7 heteroatoms. The van der Waals surface area contributed by atoms with Gasteiger partial charge in [-0.1, -0.05) is 18.5 Å². The van der Waals surface area contributed by atoms with E-state index in [1.807, 2.05) is 28.9 Å². The van der Waals surface area contributed by atoms with E-state index < -0.39 is 0 Å². The number of aromatic nitrogens is 1. The molecule has 0 atom stereocenters. The molecule has 0 unspecified atom stereocenters. The van der Waals surface area contributed by atoms with E-state index in [-0.39, 0.29) is 11.8 Å². The number of carbonyl (C=O) groups is 2. The second kappa shape index (κ2) is 8.36. The summed E-state index contributed by atoms with van der Waals surface area (Å²) in [5.74, 6) is 1.42. The third-order valence-electron chi connectivity index (χ3n) is 4.52. The Kier molecular flexibility index (Phi) is 5.93. The van der Waals surface area contributed by atoms with E-state index in [4.69, 9.17) is 16.0 Å². The number of rotatable bonds is 5. The summed E-state index contributed by atoms with van der Waals surface area (Å²) in [6.07, 6.45) is 2.98. The Morgan fingerprint density at radius 3 is 2.31 bits per heavy atom. The third kappa shape index (κ3) is 4.43. The molecule has 138 valence electrons. The second-order valence-corrected chi connectivity index (χ2v) is 6.68. The highest BCUT2D eigenvalue weighted by Gasteiger charge is 2.23. The molecule has 2 heterocycles. The van der Waals surface area contributed by atoms with Gasteiger partial charge in [0, 0.05) is 56.0 Å². The summed E-state index contributed by atoms with van der Waals surface area (Å²) in [5.41, 5.74) is 0.899. The maximum atomic E-state index is 12.4. The highest BCUT2D eigenvalue weighted by Crippen LogP contribution is 2.22. The lowest BCUT2D eigenvalue weighted by atomic mass is 10.2. The van der Waals surface area contributed by atoms with Gasteiger partial charge in [-0.05, 0) is 24.3 Å². The van der Waals surface area contributed by atoms with Crippen LogP contribution in [0.2, 0.25) is 5.02 Å². The lowest BCUT2D eigenvalue weighted by Gasteiger charge is -2.34. The van der Waals surface area contributed by atoms with Crippen LogP contribution in [-0.2, 0) is 16.0 Å². The fourth-order valence-electron chi connectivity index (χ4n) is 2.97. The first-order valence-corrected chi connectivity index (χ1v) is 9.21. The van der Waals surface area contributed by atoms with Crippen LogP contribution in [0.3, 0.4) is 0 Å². The average Bonchev–Trinajstić information content (AvgIpc) is 3.15. The van der Waals surface area contributed by atoms with Crippen LogP contribution in [0.5, 0.6) is 0 Å². The zero-order valence-electron chi connectivity index (χ0n) is 14.8. The Morgan fingerprint density at radius 2 is 1.69 bits per heavy atom. The van der Waals surface area contributed by atoms with Crippen molar-refractivity contribution in [1.82, 2.24) is 14.8 Å². The first kappa shape index (κ1) is 18.5. The lowest BCUT2D eigenvalue weighted by molar-refractivity contribution is -0.139. The van der Waals surface area contributed by atoms with Gasteiger partial charge in [-0.15, -0.1) is 0 Å². The van der Waals surface area contributed by atoms with Gasteiger partial charge in [0.05, 0.1) is 6.20 Å². The lowest BCUT2D eigenvalue weighted by Crippen LogP contribution is -2.50. The van der Waals surface area contributed by atoms with Gasteiger partial charge >= 0.3 is 0 Å². The summed E-state index contributed by atoms with van der Waals surface area (Å²) in [4.78, 5) is 31.9. The summed E-state index contributed by atoms with van der Waals surface area (Å²) in [6, 6.07) is 7.33. The Morgan fingerprint density at radius 1 is 1.08 bits per heavy atom. The van der Waals surface area contributed by atoms with Crippen molar-refractivity contribution >= 4 is 23.4 Å². The number of halogens is 1. The van der Waals surface area contributed by atoms with Crippen LogP contribution >= 0.6 is 11.6 Å². The van der Waals surface area contributed by atoms with Crippen molar-refractivity contribution in [2.45, 2.75) is 26.2 Å². The first-order valence-electron chi connectivity index (χ1n) is 8.83. The third-order valence-corrected chi connectivity index (χ3v) is 4.77. The summed E-state index contributed by atoms with van der Waals surface area (Å²) in [5, 5.41) is 0.666. The fraction of sp³-hybridized carbons (Fsp3) is 0.421. The van der Waals surface area contributed by atoms with Crippen LogP contribution in [0, 0.1) is 0 Å². The number of carbonyl (C=O) groups excluding carboxylic acids is 2. The normalized spacial score (nSPS) is 14.5. The van der Waals surface area contributed by atoms with E-state index in [1.165, 1.54) is 0 Å². The highest BCUT2D eigenvalue weighted by molar-refractivity contribution is 6.30. The van der Waals surface area contributed by atoms with Gasteiger partial charge in [0.1, 0.15) is 0 Å². The number of aryl methyl sites for hydroxylation is 1. The smallest absolute Gasteiger partial charge is 0.223 e. The molecule has 0 radical (unpaired) electrons. The molecule has 1 aliphatic heterocycles. The minimum atomic E-state index is 0.0693. The molecule has 6 nitrogen and oxygen atoms in total. The molecular formula is C19H22ClN3O3. The van der Waals surface area contributed by atoms with Crippen molar-refractivity contribution in [3.05, 3.63) is 41.4 Å². The van der Waals surface area contributed by atoms with E-state index in [2.05, 4.69) is 4.98 Å². The van der Waals surface area contributed by atoms with E-state index in [0.717, 1.165) is 5.56 Å². The molecule has 0 spiro atoms. The monoisotopic (exact) mass is 375 g/mol. The zero-order chi connectivity index (χ0) is 18.5. The topological polar surface area (TPSA) is 66.7 Å². The van der Waals surface area contributed by atoms with Gasteiger partial charge in [0.25, 0.3) is 0 Å². The molecule has 0 saturated carbocycles. The Labute approximate surface area is 157 Å². The Bertz CT molecular complexity index is 765. The molecule has 26 heavy (non-hydrogen) atoms.